The molecular weight excluding hydrogens is 542 g/mol. The Bertz CT molecular complexity index is 1450. The zero-order chi connectivity index (χ0) is 26.7. The normalized spacial score (nSPS) is 14.5. The first-order valence-electron chi connectivity index (χ1n) is 11.1. The molecule has 9 nitrogen and oxygen atoms in total. The van der Waals surface area contributed by atoms with E-state index in [4.69, 9.17) is 4.74 Å². The highest BCUT2D eigenvalue weighted by Crippen LogP contribution is 2.29. The summed E-state index contributed by atoms with van der Waals surface area (Å²) >= 11 is 3.39. The van der Waals surface area contributed by atoms with Gasteiger partial charge in [0.1, 0.15) is 17.1 Å². The number of carbonyl (C=O) groups is 4. The summed E-state index contributed by atoms with van der Waals surface area (Å²) in [4.78, 5) is 50.9. The molecule has 0 aliphatic carbocycles. The van der Waals surface area contributed by atoms with Gasteiger partial charge in [-0.1, -0.05) is 18.2 Å². The van der Waals surface area contributed by atoms with E-state index in [0.717, 1.165) is 16.0 Å². The third-order valence-electron chi connectivity index (χ3n) is 5.71. The predicted octanol–water partition coefficient (Wildman–Crippen LogP) is 4.46. The molecule has 1 aliphatic heterocycles. The number of benzene rings is 3. The molecule has 1 aliphatic rings. The van der Waals surface area contributed by atoms with Crippen molar-refractivity contribution in [2.24, 2.45) is 0 Å². The minimum Gasteiger partial charge on any atom is -0.508 e. The number of imide groups is 2. The number of hydrogen-bond donors (Lipinski definition) is 3. The van der Waals surface area contributed by atoms with Gasteiger partial charge in [0.05, 0.1) is 10.2 Å². The van der Waals surface area contributed by atoms with Crippen molar-refractivity contribution in [1.82, 2.24) is 5.32 Å². The summed E-state index contributed by atoms with van der Waals surface area (Å²) in [5.41, 5.74) is 3.18. The lowest BCUT2D eigenvalue weighted by atomic mass is 10.1. The maximum absolute atomic E-state index is 13.0. The number of phenolic OH excluding ortho intramolecular Hbond substituents is 1. The van der Waals surface area contributed by atoms with E-state index in [-0.39, 0.29) is 29.5 Å². The lowest BCUT2D eigenvalue weighted by molar-refractivity contribution is -0.122. The molecule has 4 rings (SSSR count). The van der Waals surface area contributed by atoms with Crippen molar-refractivity contribution in [3.05, 3.63) is 87.4 Å². The monoisotopic (exact) mass is 563 g/mol. The van der Waals surface area contributed by atoms with E-state index in [9.17, 15) is 24.3 Å². The Kier molecular flexibility index (Phi) is 7.40. The van der Waals surface area contributed by atoms with E-state index in [1.807, 2.05) is 32.0 Å². The molecule has 188 valence electrons. The summed E-state index contributed by atoms with van der Waals surface area (Å²) in [6.07, 6.45) is 1.35. The number of nitrogens with one attached hydrogen (secondary N) is 2. The fraction of sp³-hybridized carbons (Fsp3) is 0.111. The molecule has 1 heterocycles. The highest BCUT2D eigenvalue weighted by Gasteiger charge is 2.36. The van der Waals surface area contributed by atoms with E-state index < -0.39 is 17.8 Å². The lowest BCUT2D eigenvalue weighted by Gasteiger charge is -2.26. The van der Waals surface area contributed by atoms with Gasteiger partial charge in [0, 0.05) is 5.69 Å². The Hall–Kier alpha value is -4.44. The number of carbonyl (C=O) groups excluding carboxylic acids is 4. The minimum absolute atomic E-state index is 0.0321. The Balaban J connectivity index is 1.47. The highest BCUT2D eigenvalue weighted by atomic mass is 79.9. The van der Waals surface area contributed by atoms with Gasteiger partial charge in [0.25, 0.3) is 17.7 Å². The Labute approximate surface area is 220 Å². The van der Waals surface area contributed by atoms with E-state index in [2.05, 4.69) is 26.6 Å². The number of nitrogens with zero attached hydrogens (tertiary/aromatic N) is 1. The number of rotatable bonds is 6. The zero-order valence-electron chi connectivity index (χ0n) is 19.9. The number of anilines is 2. The fourth-order valence-electron chi connectivity index (χ4n) is 3.60. The van der Waals surface area contributed by atoms with Gasteiger partial charge in [-0.3, -0.25) is 19.7 Å². The van der Waals surface area contributed by atoms with E-state index in [1.165, 1.54) is 30.3 Å². The average molecular weight is 564 g/mol. The van der Waals surface area contributed by atoms with Crippen molar-refractivity contribution in [2.75, 3.05) is 16.8 Å². The molecule has 0 saturated carbocycles. The molecule has 10 heteroatoms. The van der Waals surface area contributed by atoms with Crippen molar-refractivity contribution < 1.29 is 29.0 Å². The molecule has 0 atom stereocenters. The standard InChI is InChI=1S/C27H22BrN3O6/c1-15-4-3-5-22(16(15)2)29-24(33)14-37-23-11-6-17(13-21(23)28)12-20-25(34)30-27(36)31(26(20)35)18-7-9-19(32)10-8-18/h3-13,32H,14H2,1-2H3,(H,29,33)(H,30,34,36)/b20-12-. The van der Waals surface area contributed by atoms with Crippen molar-refractivity contribution in [3.63, 3.8) is 0 Å². The molecule has 0 spiro atoms. The Morgan fingerprint density at radius 3 is 2.51 bits per heavy atom. The summed E-state index contributed by atoms with van der Waals surface area (Å²) in [6, 6.07) is 15.0. The van der Waals surface area contributed by atoms with Crippen LogP contribution in [-0.2, 0) is 14.4 Å². The van der Waals surface area contributed by atoms with Crippen LogP contribution < -0.4 is 20.3 Å². The van der Waals surface area contributed by atoms with Crippen LogP contribution in [0.15, 0.2) is 70.7 Å². The van der Waals surface area contributed by atoms with E-state index in [1.54, 1.807) is 18.2 Å². The summed E-state index contributed by atoms with van der Waals surface area (Å²) in [5.74, 6) is -1.60. The number of urea groups is 1. The second kappa shape index (κ2) is 10.7. The van der Waals surface area contributed by atoms with Crippen LogP contribution in [0.1, 0.15) is 16.7 Å². The molecule has 3 aromatic rings. The molecule has 5 amide bonds. The smallest absolute Gasteiger partial charge is 0.335 e. The summed E-state index contributed by atoms with van der Waals surface area (Å²) in [5, 5.41) is 14.4. The van der Waals surface area contributed by atoms with Crippen LogP contribution in [0.25, 0.3) is 6.08 Å². The third kappa shape index (κ3) is 5.70. The molecule has 3 aromatic carbocycles. The number of aromatic hydroxyl groups is 1. The average Bonchev–Trinajstić information content (AvgIpc) is 2.85. The highest BCUT2D eigenvalue weighted by molar-refractivity contribution is 9.10. The van der Waals surface area contributed by atoms with Gasteiger partial charge < -0.3 is 15.2 Å². The molecule has 0 unspecified atom stereocenters. The van der Waals surface area contributed by atoms with E-state index >= 15 is 0 Å². The van der Waals surface area contributed by atoms with Crippen LogP contribution in [0.5, 0.6) is 11.5 Å². The van der Waals surface area contributed by atoms with Crippen LogP contribution in [0.2, 0.25) is 0 Å². The van der Waals surface area contributed by atoms with Gasteiger partial charge in [-0.15, -0.1) is 0 Å². The topological polar surface area (TPSA) is 125 Å². The summed E-state index contributed by atoms with van der Waals surface area (Å²) in [6.45, 7) is 3.66. The number of ether oxygens (including phenoxy) is 1. The maximum atomic E-state index is 13.0. The lowest BCUT2D eigenvalue weighted by Crippen LogP contribution is -2.54. The van der Waals surface area contributed by atoms with Gasteiger partial charge in [-0.2, -0.15) is 0 Å². The molecule has 0 radical (unpaired) electrons. The van der Waals surface area contributed by atoms with Crippen LogP contribution in [0, 0.1) is 13.8 Å². The number of phenols is 1. The van der Waals surface area contributed by atoms with Gasteiger partial charge in [0.15, 0.2) is 6.61 Å². The van der Waals surface area contributed by atoms with Crippen LogP contribution in [-0.4, -0.2) is 35.5 Å². The quantitative estimate of drug-likeness (QED) is 0.300. The largest absolute Gasteiger partial charge is 0.508 e. The van der Waals surface area contributed by atoms with Crippen molar-refractivity contribution in [1.29, 1.82) is 0 Å². The van der Waals surface area contributed by atoms with Crippen molar-refractivity contribution in [3.8, 4) is 11.5 Å². The molecule has 1 fully saturated rings. The molecule has 0 bridgehead atoms. The summed E-state index contributed by atoms with van der Waals surface area (Å²) < 4.78 is 6.12. The first-order chi connectivity index (χ1) is 17.6. The Morgan fingerprint density at radius 2 is 1.81 bits per heavy atom. The second-order valence-corrected chi connectivity index (χ2v) is 9.10. The minimum atomic E-state index is -0.887. The molecule has 3 N–H and O–H groups in total. The number of barbiturate groups is 1. The van der Waals surface area contributed by atoms with E-state index in [0.29, 0.717) is 21.5 Å². The first kappa shape index (κ1) is 25.6. The third-order valence-corrected chi connectivity index (χ3v) is 6.33. The zero-order valence-corrected chi connectivity index (χ0v) is 21.5. The summed E-state index contributed by atoms with van der Waals surface area (Å²) in [7, 11) is 0. The Morgan fingerprint density at radius 1 is 1.08 bits per heavy atom. The van der Waals surface area contributed by atoms with Gasteiger partial charge >= 0.3 is 6.03 Å². The molecule has 37 heavy (non-hydrogen) atoms. The van der Waals surface area contributed by atoms with Crippen LogP contribution >= 0.6 is 15.9 Å². The van der Waals surface area contributed by atoms with Gasteiger partial charge in [-0.25, -0.2) is 9.69 Å². The first-order valence-corrected chi connectivity index (χ1v) is 11.9. The van der Waals surface area contributed by atoms with Gasteiger partial charge in [0.2, 0.25) is 0 Å². The second-order valence-electron chi connectivity index (χ2n) is 8.25. The molecule has 0 aromatic heterocycles. The van der Waals surface area contributed by atoms with Crippen molar-refractivity contribution >= 4 is 57.1 Å². The number of halogens is 1. The molecule has 1 saturated heterocycles. The van der Waals surface area contributed by atoms with Crippen LogP contribution in [0.3, 0.4) is 0 Å². The van der Waals surface area contributed by atoms with Crippen molar-refractivity contribution in [2.45, 2.75) is 13.8 Å². The van der Waals surface area contributed by atoms with Crippen LogP contribution in [0.4, 0.5) is 16.2 Å². The number of amides is 5. The number of hydrogen-bond acceptors (Lipinski definition) is 6. The molecular formula is C27H22BrN3O6. The maximum Gasteiger partial charge on any atom is 0.335 e. The SMILES string of the molecule is Cc1cccc(NC(=O)COc2ccc(/C=C3/C(=O)NC(=O)N(c4ccc(O)cc4)C3=O)cc2Br)c1C. The number of aryl methyl sites for hydroxylation is 1. The van der Waals surface area contributed by atoms with Gasteiger partial charge in [-0.05, 0) is 95.0 Å². The fourth-order valence-corrected chi connectivity index (χ4v) is 4.11. The predicted molar refractivity (Wildman–Crippen MR) is 141 cm³/mol.